The van der Waals surface area contributed by atoms with Crippen molar-refractivity contribution in [1.82, 2.24) is 15.5 Å². The lowest BCUT2D eigenvalue weighted by Gasteiger charge is -2.39. The van der Waals surface area contributed by atoms with Crippen LogP contribution in [0.15, 0.2) is 3.92 Å². The highest BCUT2D eigenvalue weighted by atomic mass is 79.9. The molecule has 0 atom stereocenters. The lowest BCUT2D eigenvalue weighted by Crippen LogP contribution is -2.57. The number of nitrogens with zero attached hydrogens (tertiary/aromatic N) is 2. The van der Waals surface area contributed by atoms with Crippen LogP contribution in [0.25, 0.3) is 0 Å². The number of hydrogen-bond donors (Lipinski definition) is 1. The van der Waals surface area contributed by atoms with Gasteiger partial charge in [-0.25, -0.2) is 0 Å². The van der Waals surface area contributed by atoms with Gasteiger partial charge in [0, 0.05) is 0 Å². The summed E-state index contributed by atoms with van der Waals surface area (Å²) in [5.74, 6) is -0.178. The first-order chi connectivity index (χ1) is 7.66. The van der Waals surface area contributed by atoms with Crippen LogP contribution in [-0.2, 0) is 16.1 Å². The molecule has 0 bridgehead atoms. The van der Waals surface area contributed by atoms with Gasteiger partial charge in [0.05, 0.1) is 13.7 Å². The zero-order valence-electron chi connectivity index (χ0n) is 8.83. The molecule has 1 fully saturated rings. The molecule has 1 aromatic heterocycles. The molecule has 0 aromatic carbocycles. The average molecular weight is 306 g/mol. The summed E-state index contributed by atoms with van der Waals surface area (Å²) in [6.07, 6.45) is 2.72. The molecule has 1 aromatic rings. The van der Waals surface area contributed by atoms with Crippen molar-refractivity contribution in [2.24, 2.45) is 0 Å². The zero-order valence-corrected chi connectivity index (χ0v) is 11.2. The number of ether oxygens (including phenoxy) is 1. The summed E-state index contributed by atoms with van der Waals surface area (Å²) in [7, 11) is 1.42. The van der Waals surface area contributed by atoms with E-state index in [1.54, 1.807) is 0 Å². The Bertz CT molecular complexity index is 392. The summed E-state index contributed by atoms with van der Waals surface area (Å²) in [6.45, 7) is 0.554. The van der Waals surface area contributed by atoms with Gasteiger partial charge in [-0.05, 0) is 35.2 Å². The van der Waals surface area contributed by atoms with Gasteiger partial charge in [-0.2, -0.15) is 0 Å². The van der Waals surface area contributed by atoms with Crippen LogP contribution in [0.2, 0.25) is 0 Å². The normalized spacial score (nSPS) is 17.9. The van der Waals surface area contributed by atoms with Gasteiger partial charge in [0.25, 0.3) is 0 Å². The average Bonchev–Trinajstić information content (AvgIpc) is 2.62. The van der Waals surface area contributed by atoms with Crippen LogP contribution in [-0.4, -0.2) is 28.8 Å². The standard InChI is InChI=1S/C9H12BrN3O2S/c1-15-7(14)9(3-2-4-9)11-5-6-12-13-8(10)16-6/h11H,2-5H2,1H3. The fourth-order valence-electron chi connectivity index (χ4n) is 1.73. The fraction of sp³-hybridized carbons (Fsp3) is 0.667. The minimum absolute atomic E-state index is 0.178. The first-order valence-corrected chi connectivity index (χ1v) is 6.58. The maximum Gasteiger partial charge on any atom is 0.326 e. The molecule has 88 valence electrons. The van der Waals surface area contributed by atoms with Crippen LogP contribution in [0.5, 0.6) is 0 Å². The molecule has 5 nitrogen and oxygen atoms in total. The van der Waals surface area contributed by atoms with Crippen molar-refractivity contribution >= 4 is 33.2 Å². The summed E-state index contributed by atoms with van der Waals surface area (Å²) in [5.41, 5.74) is -0.493. The second-order valence-electron chi connectivity index (χ2n) is 3.73. The van der Waals surface area contributed by atoms with E-state index in [-0.39, 0.29) is 5.97 Å². The Morgan fingerprint density at radius 3 is 2.81 bits per heavy atom. The molecule has 0 unspecified atom stereocenters. The Morgan fingerprint density at radius 1 is 1.62 bits per heavy atom. The molecule has 1 heterocycles. The lowest BCUT2D eigenvalue weighted by atomic mass is 9.77. The van der Waals surface area contributed by atoms with E-state index in [9.17, 15) is 4.79 Å². The van der Waals surface area contributed by atoms with Gasteiger partial charge in [-0.3, -0.25) is 10.1 Å². The van der Waals surface area contributed by atoms with E-state index in [1.165, 1.54) is 18.4 Å². The second-order valence-corrected chi connectivity index (χ2v) is 6.07. The highest BCUT2D eigenvalue weighted by molar-refractivity contribution is 9.11. The number of hydrogen-bond acceptors (Lipinski definition) is 6. The first kappa shape index (κ1) is 11.9. The van der Waals surface area contributed by atoms with E-state index in [0.29, 0.717) is 6.54 Å². The smallest absolute Gasteiger partial charge is 0.326 e. The monoisotopic (exact) mass is 305 g/mol. The van der Waals surface area contributed by atoms with Crippen LogP contribution in [0, 0.1) is 0 Å². The number of nitrogens with one attached hydrogen (secondary N) is 1. The van der Waals surface area contributed by atoms with Crippen molar-refractivity contribution in [2.75, 3.05) is 7.11 Å². The van der Waals surface area contributed by atoms with E-state index >= 15 is 0 Å². The lowest BCUT2D eigenvalue weighted by molar-refractivity contribution is -0.152. The van der Waals surface area contributed by atoms with Gasteiger partial charge in [-0.1, -0.05) is 11.3 Å². The van der Waals surface area contributed by atoms with Crippen LogP contribution >= 0.6 is 27.3 Å². The summed E-state index contributed by atoms with van der Waals surface area (Å²) < 4.78 is 5.56. The van der Waals surface area contributed by atoms with Crippen LogP contribution in [0.1, 0.15) is 24.3 Å². The third-order valence-corrected chi connectivity index (χ3v) is 4.16. The minimum atomic E-state index is -0.493. The van der Waals surface area contributed by atoms with E-state index in [4.69, 9.17) is 4.74 Å². The molecule has 1 aliphatic carbocycles. The highest BCUT2D eigenvalue weighted by Gasteiger charge is 2.44. The Kier molecular flexibility index (Phi) is 3.56. The van der Waals surface area contributed by atoms with Crippen molar-refractivity contribution in [3.63, 3.8) is 0 Å². The van der Waals surface area contributed by atoms with Gasteiger partial charge < -0.3 is 4.74 Å². The number of esters is 1. The van der Waals surface area contributed by atoms with Gasteiger partial charge in [0.2, 0.25) is 0 Å². The number of carbonyl (C=O) groups is 1. The van der Waals surface area contributed by atoms with Crippen LogP contribution in [0.3, 0.4) is 0 Å². The number of aromatic nitrogens is 2. The number of rotatable bonds is 4. The largest absolute Gasteiger partial charge is 0.468 e. The number of carbonyl (C=O) groups excluding carboxylic acids is 1. The third kappa shape index (κ3) is 2.26. The molecule has 1 N–H and O–H groups in total. The molecule has 0 aliphatic heterocycles. The topological polar surface area (TPSA) is 64.1 Å². The summed E-state index contributed by atoms with van der Waals surface area (Å²) in [6, 6.07) is 0. The minimum Gasteiger partial charge on any atom is -0.468 e. The molecule has 16 heavy (non-hydrogen) atoms. The molecule has 0 saturated heterocycles. The molecule has 0 spiro atoms. The van der Waals surface area contributed by atoms with Gasteiger partial charge in [0.15, 0.2) is 3.92 Å². The zero-order chi connectivity index (χ0) is 11.6. The van der Waals surface area contributed by atoms with Crippen molar-refractivity contribution in [1.29, 1.82) is 0 Å². The molecule has 1 aliphatic rings. The third-order valence-electron chi connectivity index (χ3n) is 2.80. The quantitative estimate of drug-likeness (QED) is 0.854. The Labute approximate surface area is 106 Å². The molecule has 0 radical (unpaired) electrons. The van der Waals surface area contributed by atoms with E-state index in [0.717, 1.165) is 28.2 Å². The maximum atomic E-state index is 11.6. The summed E-state index contributed by atoms with van der Waals surface area (Å²) in [4.78, 5) is 11.6. The highest BCUT2D eigenvalue weighted by Crippen LogP contribution is 2.33. The van der Waals surface area contributed by atoms with Crippen molar-refractivity contribution in [3.8, 4) is 0 Å². The number of halogens is 1. The van der Waals surface area contributed by atoms with Crippen molar-refractivity contribution in [2.45, 2.75) is 31.3 Å². The molecule has 0 amide bonds. The van der Waals surface area contributed by atoms with E-state index in [2.05, 4.69) is 31.4 Å². The fourth-order valence-corrected chi connectivity index (χ4v) is 2.87. The molecular formula is C9H12BrN3O2S. The SMILES string of the molecule is COC(=O)C1(NCc2nnc(Br)s2)CCC1. The Hall–Kier alpha value is -0.530. The number of methoxy groups -OCH3 is 1. The summed E-state index contributed by atoms with van der Waals surface area (Å²) in [5, 5.41) is 11.9. The molecule has 1 saturated carbocycles. The Balaban J connectivity index is 1.95. The van der Waals surface area contributed by atoms with Crippen LogP contribution < -0.4 is 5.32 Å². The van der Waals surface area contributed by atoms with E-state index in [1.807, 2.05) is 0 Å². The summed E-state index contributed by atoms with van der Waals surface area (Å²) >= 11 is 4.71. The predicted molar refractivity (Wildman–Crippen MR) is 63.0 cm³/mol. The predicted octanol–water partition coefficient (Wildman–Crippen LogP) is 1.49. The van der Waals surface area contributed by atoms with Gasteiger partial charge >= 0.3 is 5.97 Å². The van der Waals surface area contributed by atoms with Crippen molar-refractivity contribution < 1.29 is 9.53 Å². The molecular weight excluding hydrogens is 294 g/mol. The molecule has 7 heteroatoms. The molecule has 2 rings (SSSR count). The van der Waals surface area contributed by atoms with Crippen LogP contribution in [0.4, 0.5) is 0 Å². The Morgan fingerprint density at radius 2 is 2.38 bits per heavy atom. The van der Waals surface area contributed by atoms with Gasteiger partial charge in [-0.15, -0.1) is 10.2 Å². The van der Waals surface area contributed by atoms with Gasteiger partial charge in [0.1, 0.15) is 10.5 Å². The first-order valence-electron chi connectivity index (χ1n) is 4.98. The maximum absolute atomic E-state index is 11.6. The van der Waals surface area contributed by atoms with E-state index < -0.39 is 5.54 Å². The second kappa shape index (κ2) is 4.77. The van der Waals surface area contributed by atoms with Crippen molar-refractivity contribution in [3.05, 3.63) is 8.92 Å².